The molecule has 264 valence electrons. The first-order valence-electron chi connectivity index (χ1n) is 15.8. The maximum Gasteiger partial charge on any atom is 0.188 e. The van der Waals surface area contributed by atoms with Crippen LogP contribution in [0.25, 0.3) is 17.1 Å². The van der Waals surface area contributed by atoms with Crippen LogP contribution in [0.2, 0.25) is 0 Å². The van der Waals surface area contributed by atoms with Crippen molar-refractivity contribution >= 4 is 29.6 Å². The zero-order valence-electron chi connectivity index (χ0n) is 27.8. The Hall–Kier alpha value is -7.16. The van der Waals surface area contributed by atoms with Crippen LogP contribution in [-0.2, 0) is 4.79 Å². The summed E-state index contributed by atoms with van der Waals surface area (Å²) in [4.78, 5) is 39.0. The molecule has 8 heterocycles. The van der Waals surface area contributed by atoms with Crippen molar-refractivity contribution in [2.24, 2.45) is 15.0 Å². The summed E-state index contributed by atoms with van der Waals surface area (Å²) in [6.45, 7) is 3.24. The van der Waals surface area contributed by atoms with Gasteiger partial charge in [-0.3, -0.25) is 39.7 Å². The number of rotatable bonds is 3. The lowest BCUT2D eigenvalue weighted by Crippen LogP contribution is -2.11. The van der Waals surface area contributed by atoms with Gasteiger partial charge < -0.3 is 36.0 Å². The van der Waals surface area contributed by atoms with Crippen LogP contribution in [0.5, 0.6) is 23.0 Å². The molecule has 0 atom stereocenters. The van der Waals surface area contributed by atoms with Crippen LogP contribution in [0.3, 0.4) is 0 Å². The smallest absolute Gasteiger partial charge is 0.188 e. The molecule has 4 aromatic rings. The summed E-state index contributed by atoms with van der Waals surface area (Å²) >= 11 is 0. The minimum Gasteiger partial charge on any atom is -0.510 e. The number of allylic oxidation sites excluding steroid dienone is 4. The van der Waals surface area contributed by atoms with E-state index in [-0.39, 0.29) is 51.7 Å². The summed E-state index contributed by atoms with van der Waals surface area (Å²) in [7, 11) is 0. The van der Waals surface area contributed by atoms with Crippen LogP contribution in [0.15, 0.2) is 129 Å². The lowest BCUT2D eigenvalue weighted by Gasteiger charge is -2.03. The fourth-order valence-electron chi connectivity index (χ4n) is 4.92. The maximum absolute atomic E-state index is 11.3. The quantitative estimate of drug-likeness (QED) is 0.142. The van der Waals surface area contributed by atoms with Gasteiger partial charge in [0.2, 0.25) is 0 Å². The first kappa shape index (κ1) is 36.1. The van der Waals surface area contributed by atoms with Crippen molar-refractivity contribution < 1.29 is 35.4 Å². The number of nitrogens with one attached hydrogen (secondary N) is 1. The van der Waals surface area contributed by atoms with E-state index in [4.69, 9.17) is 0 Å². The van der Waals surface area contributed by atoms with Gasteiger partial charge in [0.05, 0.1) is 12.2 Å². The van der Waals surface area contributed by atoms with Gasteiger partial charge in [0.15, 0.2) is 5.78 Å². The Bertz CT molecular complexity index is 2140. The number of aliphatic imine (C=N–C) groups is 3. The normalized spacial score (nSPS) is 16.8. The predicted molar refractivity (Wildman–Crippen MR) is 194 cm³/mol. The zero-order valence-corrected chi connectivity index (χ0v) is 27.8. The molecule has 15 heteroatoms. The summed E-state index contributed by atoms with van der Waals surface area (Å²) < 4.78 is 0. The molecule has 8 rings (SSSR count). The van der Waals surface area contributed by atoms with Crippen molar-refractivity contribution in [3.8, 4) is 34.4 Å². The number of hydrogen-bond donors (Lipinski definition) is 7. The number of carbonyl (C=O) groups is 1. The summed E-state index contributed by atoms with van der Waals surface area (Å²) in [6.07, 6.45) is 13.9. The lowest BCUT2D eigenvalue weighted by molar-refractivity contribution is -0.114. The van der Waals surface area contributed by atoms with Gasteiger partial charge in [-0.25, -0.2) is 0 Å². The second kappa shape index (κ2) is 17.0. The van der Waals surface area contributed by atoms with Crippen molar-refractivity contribution in [3.05, 3.63) is 125 Å². The molecule has 0 spiro atoms. The molecule has 0 aromatic carbocycles. The van der Waals surface area contributed by atoms with Gasteiger partial charge in [0.25, 0.3) is 0 Å². The number of aromatic hydroxyl groups is 4. The lowest BCUT2D eigenvalue weighted by atomic mass is 10.1. The van der Waals surface area contributed by atoms with Gasteiger partial charge in [-0.2, -0.15) is 0 Å². The highest BCUT2D eigenvalue weighted by Crippen LogP contribution is 2.31. The van der Waals surface area contributed by atoms with Crippen molar-refractivity contribution in [2.45, 2.75) is 19.8 Å². The zero-order chi connectivity index (χ0) is 37.0. The Balaban J connectivity index is 0.000000134. The number of pyridine rings is 4. The number of aliphatic hydroxyl groups is 2. The van der Waals surface area contributed by atoms with Crippen molar-refractivity contribution in [3.63, 3.8) is 0 Å². The standard InChI is InChI=1S/C10H8N2O2.2C9H8N2O2.C9H10N2O/c13-7-3-1-5-11-9(7)10-8(14)4-2-6-12-10;2*12-6-2-1-4-10-8(6)9-7(13)3-5-11-9;1-6-2-4-10-8(6)9-7(12)3-5-11-9/h1-6,13-14H;1-2,4-5,12-13H,3H2;1-4,12-13H,5H2;2,5,10H,3-4H2,1H3. The Morgan fingerprint density at radius 1 is 0.615 bits per heavy atom. The van der Waals surface area contributed by atoms with E-state index < -0.39 is 0 Å². The average Bonchev–Trinajstić information content (AvgIpc) is 3.96. The number of carbonyl (C=O) groups excluding carboxylic acids is 1. The van der Waals surface area contributed by atoms with Gasteiger partial charge in [0.1, 0.15) is 74.4 Å². The molecule has 0 aliphatic carbocycles. The molecule has 52 heavy (non-hydrogen) atoms. The van der Waals surface area contributed by atoms with E-state index in [2.05, 4.69) is 46.3 Å². The molecule has 0 radical (unpaired) electrons. The molecule has 0 unspecified atom stereocenters. The van der Waals surface area contributed by atoms with Crippen LogP contribution in [-0.4, -0.2) is 87.6 Å². The number of aliphatic hydroxyl groups excluding tert-OH is 2. The van der Waals surface area contributed by atoms with Gasteiger partial charge >= 0.3 is 0 Å². The number of nitrogens with zero attached hydrogens (tertiary/aromatic N) is 7. The fraction of sp³-hybridized carbons (Fsp3) is 0.135. The molecule has 7 N–H and O–H groups in total. The third kappa shape index (κ3) is 8.70. The predicted octanol–water partition coefficient (Wildman–Crippen LogP) is 4.87. The van der Waals surface area contributed by atoms with E-state index in [0.717, 1.165) is 17.8 Å². The highest BCUT2D eigenvalue weighted by molar-refractivity contribution is 6.12. The summed E-state index contributed by atoms with van der Waals surface area (Å²) in [5.74, 6) is 0.407. The van der Waals surface area contributed by atoms with Gasteiger partial charge in [-0.1, -0.05) is 6.08 Å². The summed E-state index contributed by atoms with van der Waals surface area (Å²) in [5, 5.41) is 59.6. The first-order valence-corrected chi connectivity index (χ1v) is 15.8. The molecule has 4 aliphatic rings. The molecule has 4 aromatic heterocycles. The van der Waals surface area contributed by atoms with E-state index >= 15 is 0 Å². The van der Waals surface area contributed by atoms with E-state index in [1.54, 1.807) is 55.2 Å². The van der Waals surface area contributed by atoms with Crippen molar-refractivity contribution in [2.75, 3.05) is 13.1 Å². The first-order chi connectivity index (χ1) is 25.2. The third-order valence-electron chi connectivity index (χ3n) is 7.45. The number of hydrogen-bond acceptors (Lipinski definition) is 15. The summed E-state index contributed by atoms with van der Waals surface area (Å²) in [5.41, 5.74) is 4.57. The fourth-order valence-corrected chi connectivity index (χ4v) is 4.92. The molecule has 4 aliphatic heterocycles. The minimum absolute atomic E-state index is 0.00139. The van der Waals surface area contributed by atoms with Crippen LogP contribution < -0.4 is 5.32 Å². The van der Waals surface area contributed by atoms with Gasteiger partial charge in [-0.15, -0.1) is 0 Å². The van der Waals surface area contributed by atoms with Gasteiger partial charge in [-0.05, 0) is 67.1 Å². The molecule has 0 fully saturated rings. The number of ketones is 1. The Morgan fingerprint density at radius 3 is 1.52 bits per heavy atom. The van der Waals surface area contributed by atoms with E-state index in [9.17, 15) is 35.4 Å². The Kier molecular flexibility index (Phi) is 11.8. The molecule has 0 saturated heterocycles. The number of aromatic nitrogens is 4. The van der Waals surface area contributed by atoms with Crippen LogP contribution >= 0.6 is 0 Å². The highest BCUT2D eigenvalue weighted by Gasteiger charge is 2.21. The largest absolute Gasteiger partial charge is 0.510 e. The highest BCUT2D eigenvalue weighted by atomic mass is 16.3. The van der Waals surface area contributed by atoms with Crippen LogP contribution in [0.1, 0.15) is 31.2 Å². The van der Waals surface area contributed by atoms with E-state index in [1.165, 1.54) is 36.7 Å². The molecule has 0 saturated carbocycles. The molecular weight excluding hydrogens is 668 g/mol. The third-order valence-corrected chi connectivity index (χ3v) is 7.45. The van der Waals surface area contributed by atoms with Crippen LogP contribution in [0, 0.1) is 0 Å². The van der Waals surface area contributed by atoms with Crippen molar-refractivity contribution in [1.29, 1.82) is 0 Å². The maximum atomic E-state index is 11.3. The average molecular weight is 703 g/mol. The van der Waals surface area contributed by atoms with E-state index in [1.807, 2.05) is 6.92 Å². The Labute approximate surface area is 297 Å². The van der Waals surface area contributed by atoms with Crippen LogP contribution in [0.4, 0.5) is 0 Å². The second-order valence-electron chi connectivity index (χ2n) is 11.0. The monoisotopic (exact) mass is 702 g/mol. The topological polar surface area (TPSA) is 239 Å². The summed E-state index contributed by atoms with van der Waals surface area (Å²) in [6, 6.07) is 12.5. The van der Waals surface area contributed by atoms with E-state index in [0.29, 0.717) is 47.9 Å². The molecule has 0 bridgehead atoms. The minimum atomic E-state index is 0.00139. The molecule has 0 amide bonds. The molecular formula is C37H34N8O7. The second-order valence-corrected chi connectivity index (χ2v) is 11.0. The Morgan fingerprint density at radius 2 is 1.12 bits per heavy atom. The number of Topliss-reactive ketones (excluding diaryl/α,β-unsaturated/α-hetero) is 1. The molecule has 15 nitrogen and oxygen atoms in total. The van der Waals surface area contributed by atoms with Gasteiger partial charge in [0, 0.05) is 56.6 Å². The SMILES string of the molecule is CC1=CCNC1=C1N=CCC1=O.OC1=C(c2ncccc2O)N=CC1.OC1=CCN=C1c1ncccc1O.Oc1cccnc1-c1ncccc1O. The van der Waals surface area contributed by atoms with Crippen molar-refractivity contribution in [1.82, 2.24) is 25.3 Å².